The Hall–Kier alpha value is -0.800. The van der Waals surface area contributed by atoms with E-state index < -0.39 is 0 Å². The molecule has 2 rings (SSSR count). The number of halogens is 1. The molecule has 0 spiro atoms. The van der Waals surface area contributed by atoms with Crippen molar-refractivity contribution in [3.8, 4) is 0 Å². The van der Waals surface area contributed by atoms with Crippen LogP contribution < -0.4 is 0 Å². The van der Waals surface area contributed by atoms with Gasteiger partial charge in [-0.1, -0.05) is 0 Å². The molecule has 0 N–H and O–H groups in total. The summed E-state index contributed by atoms with van der Waals surface area (Å²) in [5, 5.41) is 0.196. The summed E-state index contributed by atoms with van der Waals surface area (Å²) in [6.07, 6.45) is 6.39. The first-order chi connectivity index (χ1) is 7.77. The number of hydrogen-bond donors (Lipinski definition) is 0. The molecule has 0 amide bonds. The van der Waals surface area contributed by atoms with E-state index in [9.17, 15) is 4.79 Å². The van der Waals surface area contributed by atoms with Gasteiger partial charge in [-0.2, -0.15) is 0 Å². The van der Waals surface area contributed by atoms with Crippen molar-refractivity contribution in [2.45, 2.75) is 38.2 Å². The van der Waals surface area contributed by atoms with E-state index >= 15 is 0 Å². The number of ketones is 1. The van der Waals surface area contributed by atoms with Crippen LogP contribution in [0.25, 0.3) is 0 Å². The first-order valence-electron chi connectivity index (χ1n) is 5.65. The molecule has 1 atom stereocenters. The number of furan rings is 1. The standard InChI is InChI=1S/C12H15ClO3/c13-12-10(6-8-16-12)11(14)5-1-3-9-4-2-7-15-9/h6,8-9H,1-5,7H2. The fourth-order valence-corrected chi connectivity index (χ4v) is 2.21. The Kier molecular flexibility index (Phi) is 4.02. The summed E-state index contributed by atoms with van der Waals surface area (Å²) < 4.78 is 10.4. The molecule has 1 fully saturated rings. The fraction of sp³-hybridized carbons (Fsp3) is 0.583. The summed E-state index contributed by atoms with van der Waals surface area (Å²) in [4.78, 5) is 11.7. The molecule has 1 unspecified atom stereocenters. The molecule has 2 heterocycles. The van der Waals surface area contributed by atoms with Gasteiger partial charge in [0.15, 0.2) is 5.78 Å². The van der Waals surface area contributed by atoms with Gasteiger partial charge in [0, 0.05) is 13.0 Å². The van der Waals surface area contributed by atoms with E-state index in [-0.39, 0.29) is 11.0 Å². The van der Waals surface area contributed by atoms with Gasteiger partial charge in [-0.3, -0.25) is 4.79 Å². The number of rotatable bonds is 5. The second kappa shape index (κ2) is 5.51. The molecule has 0 radical (unpaired) electrons. The summed E-state index contributed by atoms with van der Waals surface area (Å²) in [5.41, 5.74) is 0.494. The lowest BCUT2D eigenvalue weighted by Crippen LogP contribution is -2.06. The molecule has 0 bridgehead atoms. The highest BCUT2D eigenvalue weighted by atomic mass is 35.5. The Bertz CT molecular complexity index is 353. The van der Waals surface area contributed by atoms with Crippen molar-refractivity contribution in [3.05, 3.63) is 23.1 Å². The van der Waals surface area contributed by atoms with Gasteiger partial charge in [0.2, 0.25) is 5.22 Å². The van der Waals surface area contributed by atoms with E-state index in [4.69, 9.17) is 20.8 Å². The van der Waals surface area contributed by atoms with Gasteiger partial charge in [0.25, 0.3) is 0 Å². The number of hydrogen-bond acceptors (Lipinski definition) is 3. The van der Waals surface area contributed by atoms with E-state index in [1.807, 2.05) is 0 Å². The van der Waals surface area contributed by atoms with Crippen LogP contribution >= 0.6 is 11.6 Å². The molecular weight excluding hydrogens is 228 g/mol. The van der Waals surface area contributed by atoms with E-state index in [1.54, 1.807) is 6.07 Å². The van der Waals surface area contributed by atoms with Crippen LogP contribution in [-0.4, -0.2) is 18.5 Å². The SMILES string of the molecule is O=C(CCCC1CCCO1)c1ccoc1Cl. The van der Waals surface area contributed by atoms with Gasteiger partial charge in [-0.05, 0) is 43.4 Å². The van der Waals surface area contributed by atoms with Crippen LogP contribution in [-0.2, 0) is 4.74 Å². The van der Waals surface area contributed by atoms with Gasteiger partial charge in [-0.15, -0.1) is 0 Å². The summed E-state index contributed by atoms with van der Waals surface area (Å²) in [6.45, 7) is 0.867. The Labute approximate surface area is 99.7 Å². The molecule has 1 aliphatic heterocycles. The molecule has 0 aromatic carbocycles. The quantitative estimate of drug-likeness (QED) is 0.743. The molecular formula is C12H15ClO3. The van der Waals surface area contributed by atoms with Crippen LogP contribution in [0.15, 0.2) is 16.7 Å². The first-order valence-corrected chi connectivity index (χ1v) is 6.03. The third-order valence-corrected chi connectivity index (χ3v) is 3.16. The maximum Gasteiger partial charge on any atom is 0.203 e. The van der Waals surface area contributed by atoms with Gasteiger partial charge < -0.3 is 9.15 Å². The summed E-state index contributed by atoms with van der Waals surface area (Å²) in [6, 6.07) is 1.62. The third kappa shape index (κ3) is 2.86. The zero-order valence-electron chi connectivity index (χ0n) is 9.08. The Morgan fingerprint density at radius 2 is 2.44 bits per heavy atom. The molecule has 1 aliphatic rings. The van der Waals surface area contributed by atoms with Crippen LogP contribution in [0.3, 0.4) is 0 Å². The zero-order valence-corrected chi connectivity index (χ0v) is 9.83. The predicted octanol–water partition coefficient (Wildman–Crippen LogP) is 3.47. The lowest BCUT2D eigenvalue weighted by atomic mass is 10.0. The summed E-state index contributed by atoms with van der Waals surface area (Å²) in [7, 11) is 0. The molecule has 0 saturated carbocycles. The van der Waals surface area contributed by atoms with Crippen LogP contribution in [0.5, 0.6) is 0 Å². The number of ether oxygens (including phenoxy) is 1. The Morgan fingerprint density at radius 3 is 3.06 bits per heavy atom. The minimum Gasteiger partial charge on any atom is -0.452 e. The summed E-state index contributed by atoms with van der Waals surface area (Å²) >= 11 is 5.73. The molecule has 3 nitrogen and oxygen atoms in total. The zero-order chi connectivity index (χ0) is 11.4. The van der Waals surface area contributed by atoms with E-state index in [1.165, 1.54) is 6.26 Å². The van der Waals surface area contributed by atoms with E-state index in [2.05, 4.69) is 0 Å². The largest absolute Gasteiger partial charge is 0.452 e. The molecule has 1 saturated heterocycles. The fourth-order valence-electron chi connectivity index (χ4n) is 1.99. The van der Waals surface area contributed by atoms with E-state index in [0.717, 1.165) is 32.3 Å². The van der Waals surface area contributed by atoms with Crippen molar-refractivity contribution in [1.29, 1.82) is 0 Å². The summed E-state index contributed by atoms with van der Waals surface area (Å²) in [5.74, 6) is 0.0525. The molecule has 1 aromatic heterocycles. The smallest absolute Gasteiger partial charge is 0.203 e. The third-order valence-electron chi connectivity index (χ3n) is 2.87. The average Bonchev–Trinajstić information content (AvgIpc) is 2.88. The molecule has 0 aliphatic carbocycles. The predicted molar refractivity (Wildman–Crippen MR) is 60.9 cm³/mol. The van der Waals surface area contributed by atoms with Crippen molar-refractivity contribution in [3.63, 3.8) is 0 Å². The number of carbonyl (C=O) groups excluding carboxylic acids is 1. The van der Waals surface area contributed by atoms with Crippen molar-refractivity contribution in [1.82, 2.24) is 0 Å². The minimum atomic E-state index is 0.0525. The van der Waals surface area contributed by atoms with Crippen molar-refractivity contribution >= 4 is 17.4 Å². The average molecular weight is 243 g/mol. The second-order valence-corrected chi connectivity index (χ2v) is 4.40. The topological polar surface area (TPSA) is 39.4 Å². The second-order valence-electron chi connectivity index (χ2n) is 4.06. The lowest BCUT2D eigenvalue weighted by molar-refractivity contribution is 0.0922. The highest BCUT2D eigenvalue weighted by Gasteiger charge is 2.17. The number of carbonyl (C=O) groups is 1. The minimum absolute atomic E-state index is 0.0525. The molecule has 1 aromatic rings. The molecule has 88 valence electrons. The maximum atomic E-state index is 11.7. The Balaban J connectivity index is 1.73. The van der Waals surface area contributed by atoms with Crippen LogP contribution in [0.1, 0.15) is 42.5 Å². The lowest BCUT2D eigenvalue weighted by Gasteiger charge is -2.07. The highest BCUT2D eigenvalue weighted by Crippen LogP contribution is 2.21. The Morgan fingerprint density at radius 1 is 1.56 bits per heavy atom. The number of Topliss-reactive ketones (excluding diaryl/α,β-unsaturated/α-hetero) is 1. The normalized spacial score (nSPS) is 20.2. The van der Waals surface area contributed by atoms with Crippen LogP contribution in [0.2, 0.25) is 5.22 Å². The van der Waals surface area contributed by atoms with Gasteiger partial charge in [-0.25, -0.2) is 0 Å². The monoisotopic (exact) mass is 242 g/mol. The van der Waals surface area contributed by atoms with Gasteiger partial charge >= 0.3 is 0 Å². The van der Waals surface area contributed by atoms with Crippen molar-refractivity contribution in [2.75, 3.05) is 6.61 Å². The maximum absolute atomic E-state index is 11.7. The van der Waals surface area contributed by atoms with Crippen LogP contribution in [0, 0.1) is 0 Å². The molecule has 16 heavy (non-hydrogen) atoms. The molecule has 4 heteroatoms. The first kappa shape index (κ1) is 11.7. The van der Waals surface area contributed by atoms with Gasteiger partial charge in [0.05, 0.1) is 17.9 Å². The van der Waals surface area contributed by atoms with Crippen molar-refractivity contribution < 1.29 is 13.9 Å². The van der Waals surface area contributed by atoms with Crippen molar-refractivity contribution in [2.24, 2.45) is 0 Å². The van der Waals surface area contributed by atoms with Gasteiger partial charge in [0.1, 0.15) is 0 Å². The van der Waals surface area contributed by atoms with E-state index in [0.29, 0.717) is 18.1 Å². The highest BCUT2D eigenvalue weighted by molar-refractivity contribution is 6.32. The van der Waals surface area contributed by atoms with Crippen LogP contribution in [0.4, 0.5) is 0 Å².